The van der Waals surface area contributed by atoms with Crippen molar-refractivity contribution in [1.82, 2.24) is 14.7 Å². The van der Waals surface area contributed by atoms with E-state index in [0.717, 1.165) is 45.6 Å². The van der Waals surface area contributed by atoms with Gasteiger partial charge in [0.1, 0.15) is 5.69 Å². The summed E-state index contributed by atoms with van der Waals surface area (Å²) in [5.41, 5.74) is 1.10. The van der Waals surface area contributed by atoms with Crippen LogP contribution >= 0.6 is 0 Å². The number of benzene rings is 1. The Morgan fingerprint density at radius 1 is 1.03 bits per heavy atom. The zero-order valence-corrected chi connectivity index (χ0v) is 17.3. The van der Waals surface area contributed by atoms with Gasteiger partial charge in [-0.15, -0.1) is 0 Å². The molecular formula is C21H31N5O3. The van der Waals surface area contributed by atoms with Crippen LogP contribution < -0.4 is 4.90 Å². The minimum absolute atomic E-state index is 0.0432. The van der Waals surface area contributed by atoms with Crippen molar-refractivity contribution in [2.75, 3.05) is 64.3 Å². The quantitative estimate of drug-likeness (QED) is 0.568. The second-order valence-electron chi connectivity index (χ2n) is 8.54. The number of piperazine rings is 1. The van der Waals surface area contributed by atoms with E-state index in [-0.39, 0.29) is 16.5 Å². The van der Waals surface area contributed by atoms with E-state index in [2.05, 4.69) is 16.8 Å². The Morgan fingerprint density at radius 2 is 1.76 bits per heavy atom. The third-order valence-electron chi connectivity index (χ3n) is 6.58. The summed E-state index contributed by atoms with van der Waals surface area (Å²) in [5.74, 6) is -0.0958. The van der Waals surface area contributed by atoms with Crippen LogP contribution in [0.1, 0.15) is 36.0 Å². The number of carbonyl (C=O) groups is 1. The van der Waals surface area contributed by atoms with Crippen molar-refractivity contribution in [2.45, 2.75) is 31.7 Å². The predicted molar refractivity (Wildman–Crippen MR) is 113 cm³/mol. The van der Waals surface area contributed by atoms with Gasteiger partial charge in [-0.3, -0.25) is 19.8 Å². The zero-order valence-electron chi connectivity index (χ0n) is 17.3. The average Bonchev–Trinajstić information content (AvgIpc) is 3.27. The van der Waals surface area contributed by atoms with Crippen LogP contribution in [-0.4, -0.2) is 91.0 Å². The molecule has 3 heterocycles. The number of likely N-dealkylation sites (tertiary alicyclic amines) is 1. The lowest BCUT2D eigenvalue weighted by Crippen LogP contribution is -2.55. The number of piperidine rings is 1. The van der Waals surface area contributed by atoms with Crippen LogP contribution in [0.5, 0.6) is 0 Å². The highest BCUT2D eigenvalue weighted by atomic mass is 16.6. The highest BCUT2D eigenvalue weighted by molar-refractivity contribution is 5.96. The number of amides is 1. The molecule has 0 bridgehead atoms. The smallest absolute Gasteiger partial charge is 0.293 e. The van der Waals surface area contributed by atoms with Crippen LogP contribution in [0.3, 0.4) is 0 Å². The van der Waals surface area contributed by atoms with Crippen LogP contribution in [0.4, 0.5) is 11.4 Å². The minimum atomic E-state index is -0.359. The fourth-order valence-electron chi connectivity index (χ4n) is 4.94. The number of rotatable bonds is 4. The first kappa shape index (κ1) is 20.1. The third-order valence-corrected chi connectivity index (χ3v) is 6.58. The number of anilines is 1. The Balaban J connectivity index is 1.42. The number of hydrogen-bond acceptors (Lipinski definition) is 6. The number of nitrogens with zero attached hydrogens (tertiary/aromatic N) is 5. The molecule has 0 aromatic heterocycles. The lowest BCUT2D eigenvalue weighted by Gasteiger charge is -2.42. The maximum absolute atomic E-state index is 13.0. The topological polar surface area (TPSA) is 73.2 Å². The molecule has 1 atom stereocenters. The molecule has 8 heteroatoms. The van der Waals surface area contributed by atoms with Crippen molar-refractivity contribution in [3.8, 4) is 0 Å². The van der Waals surface area contributed by atoms with Gasteiger partial charge in [0.2, 0.25) is 0 Å². The van der Waals surface area contributed by atoms with Crippen molar-refractivity contribution in [1.29, 1.82) is 0 Å². The molecule has 158 valence electrons. The molecule has 0 aliphatic carbocycles. The number of nitro benzene ring substituents is 1. The molecule has 29 heavy (non-hydrogen) atoms. The molecule has 3 aliphatic rings. The van der Waals surface area contributed by atoms with Crippen LogP contribution in [-0.2, 0) is 0 Å². The van der Waals surface area contributed by atoms with E-state index in [9.17, 15) is 14.9 Å². The van der Waals surface area contributed by atoms with Crippen molar-refractivity contribution >= 4 is 17.3 Å². The Morgan fingerprint density at radius 3 is 2.41 bits per heavy atom. The van der Waals surface area contributed by atoms with E-state index < -0.39 is 0 Å². The van der Waals surface area contributed by atoms with Crippen molar-refractivity contribution in [2.24, 2.45) is 0 Å². The average molecular weight is 402 g/mol. The van der Waals surface area contributed by atoms with Gasteiger partial charge in [0.25, 0.3) is 11.6 Å². The Labute approximate surface area is 172 Å². The first-order chi connectivity index (χ1) is 14.0. The van der Waals surface area contributed by atoms with E-state index in [0.29, 0.717) is 30.4 Å². The molecule has 0 N–H and O–H groups in total. The molecule has 3 fully saturated rings. The number of nitro groups is 1. The monoisotopic (exact) mass is 401 g/mol. The Hall–Kier alpha value is -2.19. The van der Waals surface area contributed by atoms with Crippen LogP contribution in [0.2, 0.25) is 0 Å². The number of carbonyl (C=O) groups excluding carboxylic acids is 1. The molecule has 0 spiro atoms. The van der Waals surface area contributed by atoms with Crippen LogP contribution in [0.25, 0.3) is 0 Å². The first-order valence-electron chi connectivity index (χ1n) is 10.8. The van der Waals surface area contributed by atoms with Crippen LogP contribution in [0.15, 0.2) is 18.2 Å². The summed E-state index contributed by atoms with van der Waals surface area (Å²) in [6, 6.07) is 5.56. The van der Waals surface area contributed by atoms with Gasteiger partial charge in [0.05, 0.1) is 4.92 Å². The third kappa shape index (κ3) is 4.38. The lowest BCUT2D eigenvalue weighted by atomic mass is 10.0. The van der Waals surface area contributed by atoms with Gasteiger partial charge in [-0.1, -0.05) is 0 Å². The molecule has 3 saturated heterocycles. The summed E-state index contributed by atoms with van der Waals surface area (Å²) in [6.45, 7) is 7.05. The van der Waals surface area contributed by atoms with Gasteiger partial charge >= 0.3 is 0 Å². The van der Waals surface area contributed by atoms with Crippen molar-refractivity contribution in [3.05, 3.63) is 33.9 Å². The fraction of sp³-hybridized carbons (Fsp3) is 0.667. The standard InChI is InChI=1S/C21H31N5O3/c1-22-8-4-5-18(16-22)23-11-13-25(14-12-23)21(27)17-6-7-19(20(15-17)26(28)29)24-9-2-3-10-24/h6-7,15,18H,2-5,8-14,16H2,1H3. The van der Waals surface area contributed by atoms with Crippen molar-refractivity contribution < 1.29 is 9.72 Å². The molecule has 8 nitrogen and oxygen atoms in total. The number of likely N-dealkylation sites (N-methyl/N-ethyl adjacent to an activating group) is 1. The Kier molecular flexibility index (Phi) is 6.01. The summed E-state index contributed by atoms with van der Waals surface area (Å²) < 4.78 is 0. The van der Waals surface area contributed by atoms with Gasteiger partial charge in [-0.25, -0.2) is 0 Å². The van der Waals surface area contributed by atoms with Gasteiger partial charge in [-0.05, 0) is 51.4 Å². The van der Waals surface area contributed by atoms with E-state index >= 15 is 0 Å². The predicted octanol–water partition coefficient (Wildman–Crippen LogP) is 2.05. The SMILES string of the molecule is CN1CCCC(N2CCN(C(=O)c3ccc(N4CCCC4)c([N+](=O)[O-])c3)CC2)C1. The van der Waals surface area contributed by atoms with Crippen LogP contribution in [0, 0.1) is 10.1 Å². The van der Waals surface area contributed by atoms with E-state index in [1.54, 1.807) is 12.1 Å². The molecule has 0 radical (unpaired) electrons. The van der Waals surface area contributed by atoms with E-state index in [1.807, 2.05) is 9.80 Å². The maximum atomic E-state index is 13.0. The molecule has 0 saturated carbocycles. The Bertz CT molecular complexity index is 757. The highest BCUT2D eigenvalue weighted by Gasteiger charge is 2.30. The summed E-state index contributed by atoms with van der Waals surface area (Å²) in [5, 5.41) is 11.6. The highest BCUT2D eigenvalue weighted by Crippen LogP contribution is 2.32. The van der Waals surface area contributed by atoms with Gasteiger partial charge < -0.3 is 14.7 Å². The van der Waals surface area contributed by atoms with E-state index in [1.165, 1.54) is 25.5 Å². The van der Waals surface area contributed by atoms with Gasteiger partial charge in [0, 0.05) is 63.5 Å². The normalized spacial score (nSPS) is 24.1. The molecule has 4 rings (SSSR count). The molecule has 1 unspecified atom stereocenters. The number of hydrogen-bond donors (Lipinski definition) is 0. The summed E-state index contributed by atoms with van der Waals surface area (Å²) in [6.07, 6.45) is 4.56. The second kappa shape index (κ2) is 8.67. The lowest BCUT2D eigenvalue weighted by molar-refractivity contribution is -0.384. The van der Waals surface area contributed by atoms with E-state index in [4.69, 9.17) is 0 Å². The molecule has 1 amide bonds. The maximum Gasteiger partial charge on any atom is 0.293 e. The molecule has 1 aromatic rings. The fourth-order valence-corrected chi connectivity index (χ4v) is 4.94. The zero-order chi connectivity index (χ0) is 20.4. The first-order valence-corrected chi connectivity index (χ1v) is 10.8. The molecule has 1 aromatic carbocycles. The van der Waals surface area contributed by atoms with Gasteiger partial charge in [0.15, 0.2) is 0 Å². The summed E-state index contributed by atoms with van der Waals surface area (Å²) in [7, 11) is 2.17. The minimum Gasteiger partial charge on any atom is -0.366 e. The summed E-state index contributed by atoms with van der Waals surface area (Å²) in [4.78, 5) is 33.0. The molecule has 3 aliphatic heterocycles. The molecular weight excluding hydrogens is 370 g/mol. The van der Waals surface area contributed by atoms with Crippen molar-refractivity contribution in [3.63, 3.8) is 0 Å². The second-order valence-corrected chi connectivity index (χ2v) is 8.54. The summed E-state index contributed by atoms with van der Waals surface area (Å²) >= 11 is 0. The largest absolute Gasteiger partial charge is 0.366 e. The van der Waals surface area contributed by atoms with Gasteiger partial charge in [-0.2, -0.15) is 0 Å².